The van der Waals surface area contributed by atoms with Crippen molar-refractivity contribution in [3.05, 3.63) is 18.2 Å². The Hall–Kier alpha value is -1.75. The van der Waals surface area contributed by atoms with Crippen LogP contribution in [0.1, 0.15) is 26.7 Å². The summed E-state index contributed by atoms with van der Waals surface area (Å²) in [6.07, 6.45) is 2.45. The maximum atomic E-state index is 12.2. The number of anilines is 3. The molecule has 2 saturated heterocycles. The number of hydrogen-bond donors (Lipinski definition) is 1. The van der Waals surface area contributed by atoms with E-state index in [1.165, 1.54) is 12.8 Å². The Morgan fingerprint density at radius 3 is 2.43 bits per heavy atom. The van der Waals surface area contributed by atoms with Gasteiger partial charge in [0, 0.05) is 37.8 Å². The molecule has 2 heterocycles. The lowest BCUT2D eigenvalue weighted by molar-refractivity contribution is -0.118. The van der Waals surface area contributed by atoms with Crippen LogP contribution in [0.3, 0.4) is 0 Å². The normalized spacial score (nSPS) is 18.6. The molecule has 1 aromatic rings. The van der Waals surface area contributed by atoms with E-state index in [1.807, 2.05) is 13.8 Å². The van der Waals surface area contributed by atoms with Crippen molar-refractivity contribution in [1.29, 1.82) is 0 Å². The summed E-state index contributed by atoms with van der Waals surface area (Å²) in [5.41, 5.74) is 3.25. The average molecular weight is 317 g/mol. The van der Waals surface area contributed by atoms with Crippen molar-refractivity contribution in [2.24, 2.45) is 5.92 Å². The van der Waals surface area contributed by atoms with Gasteiger partial charge < -0.3 is 19.9 Å². The molecule has 2 aliphatic rings. The first kappa shape index (κ1) is 16.1. The van der Waals surface area contributed by atoms with Crippen molar-refractivity contribution in [2.45, 2.75) is 26.7 Å². The monoisotopic (exact) mass is 317 g/mol. The molecule has 0 spiro atoms. The molecule has 0 unspecified atom stereocenters. The van der Waals surface area contributed by atoms with Gasteiger partial charge >= 0.3 is 0 Å². The van der Waals surface area contributed by atoms with Crippen molar-refractivity contribution in [3.63, 3.8) is 0 Å². The standard InChI is InChI=1S/C18H27N3O2/c1-14(2)18(22)19-16-13-15(20-9-11-23-12-10-20)5-6-17(16)21-7-3-4-8-21/h5-6,13-14H,3-4,7-12H2,1-2H3,(H,19,22). The highest BCUT2D eigenvalue weighted by atomic mass is 16.5. The number of hydrogen-bond acceptors (Lipinski definition) is 4. The second kappa shape index (κ2) is 7.21. The fourth-order valence-corrected chi connectivity index (χ4v) is 3.15. The Balaban J connectivity index is 1.87. The number of nitrogens with zero attached hydrogens (tertiary/aromatic N) is 2. The maximum Gasteiger partial charge on any atom is 0.226 e. The number of carbonyl (C=O) groups excluding carboxylic acids is 1. The van der Waals surface area contributed by atoms with Gasteiger partial charge in [0.15, 0.2) is 0 Å². The van der Waals surface area contributed by atoms with Crippen LogP contribution < -0.4 is 15.1 Å². The van der Waals surface area contributed by atoms with E-state index < -0.39 is 0 Å². The molecule has 2 fully saturated rings. The highest BCUT2D eigenvalue weighted by Gasteiger charge is 2.20. The fourth-order valence-electron chi connectivity index (χ4n) is 3.15. The van der Waals surface area contributed by atoms with E-state index in [9.17, 15) is 4.79 Å². The quantitative estimate of drug-likeness (QED) is 0.927. The summed E-state index contributed by atoms with van der Waals surface area (Å²) < 4.78 is 5.43. The Bertz CT molecular complexity index is 547. The summed E-state index contributed by atoms with van der Waals surface area (Å²) >= 11 is 0. The van der Waals surface area contributed by atoms with E-state index in [0.29, 0.717) is 0 Å². The van der Waals surface area contributed by atoms with Gasteiger partial charge in [-0.1, -0.05) is 13.8 Å². The third-order valence-electron chi connectivity index (χ3n) is 4.59. The maximum absolute atomic E-state index is 12.2. The zero-order valence-electron chi connectivity index (χ0n) is 14.2. The first-order valence-electron chi connectivity index (χ1n) is 8.68. The third kappa shape index (κ3) is 3.78. The van der Waals surface area contributed by atoms with Crippen LogP contribution in [0.4, 0.5) is 17.1 Å². The van der Waals surface area contributed by atoms with Gasteiger partial charge in [0.2, 0.25) is 5.91 Å². The van der Waals surface area contributed by atoms with Crippen LogP contribution in [0.15, 0.2) is 18.2 Å². The van der Waals surface area contributed by atoms with Gasteiger partial charge in [-0.15, -0.1) is 0 Å². The summed E-state index contributed by atoms with van der Waals surface area (Å²) in [6, 6.07) is 6.45. The third-order valence-corrected chi connectivity index (χ3v) is 4.59. The minimum absolute atomic E-state index is 0.0199. The Morgan fingerprint density at radius 1 is 1.09 bits per heavy atom. The minimum atomic E-state index is -0.0199. The molecule has 0 bridgehead atoms. The van der Waals surface area contributed by atoms with Crippen LogP contribution in [-0.2, 0) is 9.53 Å². The van der Waals surface area contributed by atoms with Crippen LogP contribution in [0.25, 0.3) is 0 Å². The second-order valence-corrected chi connectivity index (χ2v) is 6.64. The van der Waals surface area contributed by atoms with Gasteiger partial charge in [-0.2, -0.15) is 0 Å². The molecule has 1 amide bonds. The van der Waals surface area contributed by atoms with Crippen molar-refractivity contribution < 1.29 is 9.53 Å². The van der Waals surface area contributed by atoms with E-state index in [1.54, 1.807) is 0 Å². The predicted octanol–water partition coefficient (Wildman–Crippen LogP) is 2.72. The summed E-state index contributed by atoms with van der Waals surface area (Å²) in [5.74, 6) is 0.0537. The Labute approximate surface area is 138 Å². The van der Waals surface area contributed by atoms with E-state index in [2.05, 4.69) is 33.3 Å². The van der Waals surface area contributed by atoms with Crippen LogP contribution >= 0.6 is 0 Å². The molecular formula is C18H27N3O2. The molecule has 0 saturated carbocycles. The van der Waals surface area contributed by atoms with Crippen LogP contribution in [-0.4, -0.2) is 45.3 Å². The molecule has 5 heteroatoms. The number of amides is 1. The molecule has 0 radical (unpaired) electrons. The number of benzene rings is 1. The average Bonchev–Trinajstić information content (AvgIpc) is 3.10. The van der Waals surface area contributed by atoms with Gasteiger partial charge in [0.25, 0.3) is 0 Å². The lowest BCUT2D eigenvalue weighted by Gasteiger charge is -2.30. The molecule has 0 aliphatic carbocycles. The van der Waals surface area contributed by atoms with Crippen molar-refractivity contribution >= 4 is 23.0 Å². The van der Waals surface area contributed by atoms with Crippen molar-refractivity contribution in [1.82, 2.24) is 0 Å². The largest absolute Gasteiger partial charge is 0.378 e. The summed E-state index contributed by atoms with van der Waals surface area (Å²) in [6.45, 7) is 9.33. The highest BCUT2D eigenvalue weighted by molar-refractivity contribution is 5.96. The lowest BCUT2D eigenvalue weighted by atomic mass is 10.1. The van der Waals surface area contributed by atoms with E-state index >= 15 is 0 Å². The molecular weight excluding hydrogens is 290 g/mol. The first-order chi connectivity index (χ1) is 11.1. The summed E-state index contributed by atoms with van der Waals surface area (Å²) in [5, 5.41) is 3.13. The van der Waals surface area contributed by atoms with Crippen LogP contribution in [0.2, 0.25) is 0 Å². The molecule has 0 atom stereocenters. The molecule has 5 nitrogen and oxygen atoms in total. The molecule has 1 aromatic carbocycles. The predicted molar refractivity (Wildman–Crippen MR) is 94.4 cm³/mol. The van der Waals surface area contributed by atoms with Crippen molar-refractivity contribution in [2.75, 3.05) is 54.5 Å². The molecule has 23 heavy (non-hydrogen) atoms. The Kier molecular flexibility index (Phi) is 5.06. The molecule has 126 valence electrons. The van der Waals surface area contributed by atoms with Gasteiger partial charge in [-0.3, -0.25) is 4.79 Å². The van der Waals surface area contributed by atoms with E-state index in [0.717, 1.165) is 56.5 Å². The van der Waals surface area contributed by atoms with Crippen LogP contribution in [0, 0.1) is 5.92 Å². The van der Waals surface area contributed by atoms with Gasteiger partial charge in [-0.25, -0.2) is 0 Å². The van der Waals surface area contributed by atoms with E-state index in [4.69, 9.17) is 4.74 Å². The number of rotatable bonds is 4. The first-order valence-corrected chi connectivity index (χ1v) is 8.68. The summed E-state index contributed by atoms with van der Waals surface area (Å²) in [4.78, 5) is 16.9. The molecule has 2 aliphatic heterocycles. The van der Waals surface area contributed by atoms with Gasteiger partial charge in [0.1, 0.15) is 0 Å². The number of ether oxygens (including phenoxy) is 1. The summed E-state index contributed by atoms with van der Waals surface area (Å²) in [7, 11) is 0. The minimum Gasteiger partial charge on any atom is -0.378 e. The van der Waals surface area contributed by atoms with Crippen molar-refractivity contribution in [3.8, 4) is 0 Å². The molecule has 3 rings (SSSR count). The topological polar surface area (TPSA) is 44.8 Å². The fraction of sp³-hybridized carbons (Fsp3) is 0.611. The zero-order valence-corrected chi connectivity index (χ0v) is 14.2. The number of nitrogens with one attached hydrogen (secondary N) is 1. The smallest absolute Gasteiger partial charge is 0.226 e. The molecule has 1 N–H and O–H groups in total. The molecule has 0 aromatic heterocycles. The number of morpholine rings is 1. The lowest BCUT2D eigenvalue weighted by Crippen LogP contribution is -2.36. The highest BCUT2D eigenvalue weighted by Crippen LogP contribution is 2.33. The Morgan fingerprint density at radius 2 is 1.78 bits per heavy atom. The zero-order chi connectivity index (χ0) is 16.2. The number of carbonyl (C=O) groups is 1. The second-order valence-electron chi connectivity index (χ2n) is 6.64. The van der Waals surface area contributed by atoms with Gasteiger partial charge in [0.05, 0.1) is 24.6 Å². The van der Waals surface area contributed by atoms with Crippen LogP contribution in [0.5, 0.6) is 0 Å². The van der Waals surface area contributed by atoms with E-state index in [-0.39, 0.29) is 11.8 Å². The van der Waals surface area contributed by atoms with Gasteiger partial charge in [-0.05, 0) is 31.0 Å². The SMILES string of the molecule is CC(C)C(=O)Nc1cc(N2CCOCC2)ccc1N1CCCC1.